The van der Waals surface area contributed by atoms with Crippen LogP contribution in [0, 0.1) is 11.8 Å². The van der Waals surface area contributed by atoms with Crippen LogP contribution in [-0.4, -0.2) is 74.6 Å². The molecule has 0 aromatic carbocycles. The second-order valence-corrected chi connectivity index (χ2v) is 17.8. The van der Waals surface area contributed by atoms with Gasteiger partial charge in [0, 0.05) is 32.4 Å². The van der Waals surface area contributed by atoms with Crippen molar-refractivity contribution >= 4 is 17.8 Å². The summed E-state index contributed by atoms with van der Waals surface area (Å²) >= 11 is 0. The quantitative estimate of drug-likeness (QED) is 0.0346. The maximum atomic E-state index is 13.1. The molecule has 0 aromatic heterocycles. The molecule has 0 rings (SSSR count). The maximum Gasteiger partial charge on any atom is 0.306 e. The van der Waals surface area contributed by atoms with E-state index in [-0.39, 0.29) is 17.8 Å². The van der Waals surface area contributed by atoms with Gasteiger partial charge in [0.1, 0.15) is 13.2 Å². The Morgan fingerprint density at radius 1 is 0.424 bits per heavy atom. The predicted octanol–water partition coefficient (Wildman–Crippen LogP) is 14.4. The first-order chi connectivity index (χ1) is 28.8. The molecule has 0 unspecified atom stereocenters. The second-order valence-electron chi connectivity index (χ2n) is 17.8. The molecule has 0 heterocycles. The summed E-state index contributed by atoms with van der Waals surface area (Å²) in [6, 6.07) is 0. The SMILES string of the molecule is CCCCCC(C/C=C\COC(=O)CCCCCCCN(CCCCCCCC(=O)OC/C=C\CC(CCCCC)CCCCC)C(=O)CCCN(C)C)CCCCC. The first kappa shape index (κ1) is 56.9. The minimum Gasteiger partial charge on any atom is -0.461 e. The third-order valence-electron chi connectivity index (χ3n) is 11.8. The van der Waals surface area contributed by atoms with Gasteiger partial charge in [0.2, 0.25) is 5.91 Å². The molecule has 0 radical (unpaired) electrons. The standard InChI is InChI=1S/C52H98N2O5/c1-7-11-21-34-48(35-22-12-8-2)38-27-31-46-58-51(56)41-25-17-15-19-29-44-54(50(55)40-33-43-53(5)6)45-30-20-16-18-26-42-52(57)59-47-32-28-39-49(36-23-13-9-3)37-24-14-10-4/h27-28,31-32,48-49H,7-26,29-30,33-47H2,1-6H3/b31-27-,32-28-. The number of ether oxygens (including phenoxy) is 2. The molecule has 59 heavy (non-hydrogen) atoms. The van der Waals surface area contributed by atoms with Crippen LogP contribution in [-0.2, 0) is 23.9 Å². The van der Waals surface area contributed by atoms with Crippen LogP contribution >= 0.6 is 0 Å². The molecule has 0 saturated heterocycles. The topological polar surface area (TPSA) is 76.1 Å². The third-order valence-corrected chi connectivity index (χ3v) is 11.8. The average molecular weight is 831 g/mol. The van der Waals surface area contributed by atoms with Gasteiger partial charge >= 0.3 is 11.9 Å². The molecular weight excluding hydrogens is 733 g/mol. The van der Waals surface area contributed by atoms with Gasteiger partial charge < -0.3 is 19.3 Å². The highest BCUT2D eigenvalue weighted by Crippen LogP contribution is 2.23. The lowest BCUT2D eigenvalue weighted by Crippen LogP contribution is -2.33. The van der Waals surface area contributed by atoms with Crippen molar-refractivity contribution in [1.82, 2.24) is 9.80 Å². The van der Waals surface area contributed by atoms with Crippen molar-refractivity contribution in [2.24, 2.45) is 11.8 Å². The third kappa shape index (κ3) is 39.7. The molecule has 0 aliphatic heterocycles. The number of carbonyl (C=O) groups is 3. The van der Waals surface area contributed by atoms with Crippen molar-refractivity contribution in [2.75, 3.05) is 46.9 Å². The van der Waals surface area contributed by atoms with E-state index in [4.69, 9.17) is 9.47 Å². The van der Waals surface area contributed by atoms with E-state index in [1.54, 1.807) is 0 Å². The van der Waals surface area contributed by atoms with Gasteiger partial charge in [0.25, 0.3) is 0 Å². The van der Waals surface area contributed by atoms with E-state index in [1.165, 1.54) is 103 Å². The monoisotopic (exact) mass is 831 g/mol. The molecule has 0 saturated carbocycles. The molecular formula is C52H98N2O5. The van der Waals surface area contributed by atoms with E-state index in [2.05, 4.69) is 63.7 Å². The van der Waals surface area contributed by atoms with Crippen LogP contribution in [0.25, 0.3) is 0 Å². The fraction of sp³-hybridized carbons (Fsp3) is 0.865. The van der Waals surface area contributed by atoms with E-state index in [0.29, 0.717) is 32.5 Å². The molecule has 0 bridgehead atoms. The molecule has 0 fully saturated rings. The van der Waals surface area contributed by atoms with Gasteiger partial charge in [-0.3, -0.25) is 14.4 Å². The first-order valence-electron chi connectivity index (χ1n) is 25.3. The average Bonchev–Trinajstić information content (AvgIpc) is 3.21. The van der Waals surface area contributed by atoms with E-state index >= 15 is 0 Å². The van der Waals surface area contributed by atoms with Crippen molar-refractivity contribution in [3.63, 3.8) is 0 Å². The van der Waals surface area contributed by atoms with Crippen LogP contribution in [0.4, 0.5) is 0 Å². The Labute approximate surface area is 366 Å². The van der Waals surface area contributed by atoms with Gasteiger partial charge in [-0.25, -0.2) is 0 Å². The van der Waals surface area contributed by atoms with Gasteiger partial charge in [-0.05, 0) is 77.4 Å². The summed E-state index contributed by atoms with van der Waals surface area (Å²) in [6.07, 6.45) is 44.2. The summed E-state index contributed by atoms with van der Waals surface area (Å²) in [5.41, 5.74) is 0. The van der Waals surface area contributed by atoms with E-state index in [0.717, 1.165) is 115 Å². The van der Waals surface area contributed by atoms with Crippen molar-refractivity contribution in [1.29, 1.82) is 0 Å². The fourth-order valence-corrected chi connectivity index (χ4v) is 7.90. The molecule has 0 aliphatic rings. The Bertz CT molecular complexity index is 925. The van der Waals surface area contributed by atoms with Crippen molar-refractivity contribution in [2.45, 2.75) is 233 Å². The summed E-state index contributed by atoms with van der Waals surface area (Å²) in [5.74, 6) is 1.60. The van der Waals surface area contributed by atoms with E-state index in [9.17, 15) is 14.4 Å². The lowest BCUT2D eigenvalue weighted by Gasteiger charge is -2.23. The Hall–Kier alpha value is -2.15. The Balaban J connectivity index is 4.30. The highest BCUT2D eigenvalue weighted by molar-refractivity contribution is 5.76. The number of hydrogen-bond acceptors (Lipinski definition) is 6. The predicted molar refractivity (Wildman–Crippen MR) is 253 cm³/mol. The minimum atomic E-state index is -0.0935. The highest BCUT2D eigenvalue weighted by Gasteiger charge is 2.14. The van der Waals surface area contributed by atoms with Crippen molar-refractivity contribution < 1.29 is 23.9 Å². The van der Waals surface area contributed by atoms with Gasteiger partial charge in [0.05, 0.1) is 0 Å². The smallest absolute Gasteiger partial charge is 0.306 e. The molecule has 346 valence electrons. The number of carbonyl (C=O) groups excluding carboxylic acids is 3. The number of esters is 2. The maximum absolute atomic E-state index is 13.1. The van der Waals surface area contributed by atoms with Crippen LogP contribution < -0.4 is 0 Å². The lowest BCUT2D eigenvalue weighted by atomic mass is 9.92. The Morgan fingerprint density at radius 2 is 0.797 bits per heavy atom. The molecule has 1 amide bonds. The zero-order chi connectivity index (χ0) is 43.4. The lowest BCUT2D eigenvalue weighted by molar-refractivity contribution is -0.143. The van der Waals surface area contributed by atoms with Crippen LogP contribution in [0.2, 0.25) is 0 Å². The summed E-state index contributed by atoms with van der Waals surface area (Å²) in [4.78, 5) is 41.9. The van der Waals surface area contributed by atoms with Gasteiger partial charge in [-0.15, -0.1) is 0 Å². The Kier molecular flexibility index (Phi) is 42.3. The van der Waals surface area contributed by atoms with Gasteiger partial charge in [-0.2, -0.15) is 0 Å². The second kappa shape index (κ2) is 43.9. The summed E-state index contributed by atoms with van der Waals surface area (Å²) < 4.78 is 11.0. The van der Waals surface area contributed by atoms with Crippen LogP contribution in [0.1, 0.15) is 233 Å². The van der Waals surface area contributed by atoms with Gasteiger partial charge in [-0.1, -0.05) is 193 Å². The zero-order valence-electron chi connectivity index (χ0n) is 40.1. The number of amides is 1. The molecule has 0 aromatic rings. The summed E-state index contributed by atoms with van der Waals surface area (Å²) in [7, 11) is 4.11. The van der Waals surface area contributed by atoms with Gasteiger partial charge in [0.15, 0.2) is 0 Å². The zero-order valence-corrected chi connectivity index (χ0v) is 40.1. The molecule has 7 heteroatoms. The van der Waals surface area contributed by atoms with E-state index < -0.39 is 0 Å². The molecule has 0 aliphatic carbocycles. The number of allylic oxidation sites excluding steroid dienone is 2. The number of nitrogens with zero attached hydrogens (tertiary/aromatic N) is 2. The number of hydrogen-bond donors (Lipinski definition) is 0. The molecule has 0 N–H and O–H groups in total. The van der Waals surface area contributed by atoms with Crippen molar-refractivity contribution in [3.8, 4) is 0 Å². The molecule has 7 nitrogen and oxygen atoms in total. The van der Waals surface area contributed by atoms with Crippen LogP contribution in [0.15, 0.2) is 24.3 Å². The Morgan fingerprint density at radius 3 is 1.17 bits per heavy atom. The highest BCUT2D eigenvalue weighted by atomic mass is 16.5. The largest absolute Gasteiger partial charge is 0.461 e. The summed E-state index contributed by atoms with van der Waals surface area (Å²) in [5, 5.41) is 0. The molecule has 0 spiro atoms. The van der Waals surface area contributed by atoms with Crippen molar-refractivity contribution in [3.05, 3.63) is 24.3 Å². The first-order valence-corrected chi connectivity index (χ1v) is 25.3. The number of unbranched alkanes of at least 4 members (excludes halogenated alkanes) is 16. The normalized spacial score (nSPS) is 11.9. The fourth-order valence-electron chi connectivity index (χ4n) is 7.90. The van der Waals surface area contributed by atoms with E-state index in [1.807, 2.05) is 12.2 Å². The number of rotatable bonds is 44. The van der Waals surface area contributed by atoms with Crippen LogP contribution in [0.3, 0.4) is 0 Å². The van der Waals surface area contributed by atoms with Crippen LogP contribution in [0.5, 0.6) is 0 Å². The molecule has 0 atom stereocenters. The summed E-state index contributed by atoms with van der Waals surface area (Å²) in [6.45, 7) is 12.4. The minimum absolute atomic E-state index is 0.0935.